The number of halogens is 1. The molecule has 0 heterocycles. The molecule has 108 valence electrons. The SMILES string of the molecule is COc1ccc(C(=O)CC(=N)Sc2ccc(Cl)cc2)cc1. The third kappa shape index (κ3) is 4.62. The van der Waals surface area contributed by atoms with E-state index in [4.69, 9.17) is 21.7 Å². The number of nitrogens with one attached hydrogen (secondary N) is 1. The number of Topliss-reactive ketones (excluding diaryl/α,β-unsaturated/α-hetero) is 1. The van der Waals surface area contributed by atoms with E-state index in [0.29, 0.717) is 21.4 Å². The first-order valence-electron chi connectivity index (χ1n) is 6.26. The van der Waals surface area contributed by atoms with Crippen molar-refractivity contribution in [1.82, 2.24) is 0 Å². The number of benzene rings is 2. The van der Waals surface area contributed by atoms with Crippen LogP contribution in [0.4, 0.5) is 0 Å². The van der Waals surface area contributed by atoms with E-state index in [0.717, 1.165) is 4.90 Å². The fraction of sp³-hybridized carbons (Fsp3) is 0.125. The van der Waals surface area contributed by atoms with Gasteiger partial charge in [0, 0.05) is 15.5 Å². The smallest absolute Gasteiger partial charge is 0.169 e. The Hall–Kier alpha value is -1.78. The molecule has 1 N–H and O–H groups in total. The van der Waals surface area contributed by atoms with Gasteiger partial charge in [-0.2, -0.15) is 0 Å². The van der Waals surface area contributed by atoms with Crippen molar-refractivity contribution < 1.29 is 9.53 Å². The summed E-state index contributed by atoms with van der Waals surface area (Å²) in [7, 11) is 1.58. The number of rotatable bonds is 5. The Morgan fingerprint density at radius 2 is 1.76 bits per heavy atom. The second-order valence-corrected chi connectivity index (χ2v) is 5.91. The fourth-order valence-corrected chi connectivity index (χ4v) is 2.59. The van der Waals surface area contributed by atoms with Crippen molar-refractivity contribution in [2.75, 3.05) is 7.11 Å². The lowest BCUT2D eigenvalue weighted by Crippen LogP contribution is -2.04. The van der Waals surface area contributed by atoms with Crippen LogP contribution in [0.1, 0.15) is 16.8 Å². The van der Waals surface area contributed by atoms with Crippen LogP contribution in [0.25, 0.3) is 0 Å². The Balaban J connectivity index is 1.95. The molecule has 2 aromatic rings. The van der Waals surface area contributed by atoms with Crippen molar-refractivity contribution in [1.29, 1.82) is 5.41 Å². The molecule has 5 heteroatoms. The summed E-state index contributed by atoms with van der Waals surface area (Å²) in [5, 5.41) is 8.88. The van der Waals surface area contributed by atoms with Crippen LogP contribution >= 0.6 is 23.4 Å². The molecule has 0 aliphatic carbocycles. The van der Waals surface area contributed by atoms with Gasteiger partial charge in [-0.15, -0.1) is 0 Å². The van der Waals surface area contributed by atoms with E-state index in [-0.39, 0.29) is 12.2 Å². The molecule has 21 heavy (non-hydrogen) atoms. The van der Waals surface area contributed by atoms with Crippen molar-refractivity contribution in [3.63, 3.8) is 0 Å². The van der Waals surface area contributed by atoms with E-state index in [1.807, 2.05) is 12.1 Å². The van der Waals surface area contributed by atoms with Gasteiger partial charge >= 0.3 is 0 Å². The van der Waals surface area contributed by atoms with Gasteiger partial charge in [0.15, 0.2) is 5.78 Å². The van der Waals surface area contributed by atoms with Crippen LogP contribution < -0.4 is 4.74 Å². The van der Waals surface area contributed by atoms with Crippen molar-refractivity contribution in [3.8, 4) is 5.75 Å². The quantitative estimate of drug-likeness (QED) is 0.376. The summed E-state index contributed by atoms with van der Waals surface area (Å²) in [6.07, 6.45) is 0.0830. The standard InChI is InChI=1S/C16H14ClNO2S/c1-20-13-6-2-11(3-7-13)15(19)10-16(18)21-14-8-4-12(17)5-9-14/h2-9,18H,10H2,1H3. The van der Waals surface area contributed by atoms with Gasteiger partial charge < -0.3 is 4.74 Å². The van der Waals surface area contributed by atoms with Crippen molar-refractivity contribution in [2.24, 2.45) is 0 Å². The third-order valence-electron chi connectivity index (χ3n) is 2.79. The van der Waals surface area contributed by atoms with Gasteiger partial charge in [0.2, 0.25) is 0 Å². The maximum Gasteiger partial charge on any atom is 0.169 e. The number of carbonyl (C=O) groups excluding carboxylic acids is 1. The Morgan fingerprint density at radius 1 is 1.14 bits per heavy atom. The van der Waals surface area contributed by atoms with Crippen molar-refractivity contribution >= 4 is 34.2 Å². The molecule has 0 saturated carbocycles. The summed E-state index contributed by atoms with van der Waals surface area (Å²) in [6, 6.07) is 14.1. The zero-order valence-corrected chi connectivity index (χ0v) is 13.0. The lowest BCUT2D eigenvalue weighted by Gasteiger charge is -2.05. The van der Waals surface area contributed by atoms with Crippen LogP contribution in [0.2, 0.25) is 5.02 Å². The number of ether oxygens (including phenoxy) is 1. The van der Waals surface area contributed by atoms with Gasteiger partial charge in [-0.3, -0.25) is 10.2 Å². The topological polar surface area (TPSA) is 50.2 Å². The Bertz CT molecular complexity index is 638. The number of thioether (sulfide) groups is 1. The predicted octanol–water partition coefficient (Wildman–Crippen LogP) is 4.69. The minimum atomic E-state index is -0.0795. The summed E-state index contributed by atoms with van der Waals surface area (Å²) in [6.45, 7) is 0. The molecule has 2 rings (SSSR count). The number of methoxy groups -OCH3 is 1. The lowest BCUT2D eigenvalue weighted by atomic mass is 10.1. The van der Waals surface area contributed by atoms with Gasteiger partial charge in [-0.1, -0.05) is 23.4 Å². The highest BCUT2D eigenvalue weighted by atomic mass is 35.5. The average molecular weight is 320 g/mol. The highest BCUT2D eigenvalue weighted by molar-refractivity contribution is 8.13. The fourth-order valence-electron chi connectivity index (χ4n) is 1.71. The lowest BCUT2D eigenvalue weighted by molar-refractivity contribution is 0.100. The van der Waals surface area contributed by atoms with Crippen LogP contribution in [0.15, 0.2) is 53.4 Å². The van der Waals surface area contributed by atoms with Gasteiger partial charge in [-0.25, -0.2) is 0 Å². The number of hydrogen-bond acceptors (Lipinski definition) is 4. The molecule has 0 radical (unpaired) electrons. The molecule has 0 aliphatic heterocycles. The first kappa shape index (κ1) is 15.6. The average Bonchev–Trinajstić information content (AvgIpc) is 2.49. The maximum absolute atomic E-state index is 12.1. The first-order chi connectivity index (χ1) is 10.1. The zero-order valence-electron chi connectivity index (χ0n) is 11.4. The first-order valence-corrected chi connectivity index (χ1v) is 7.46. The minimum absolute atomic E-state index is 0.0795. The van der Waals surface area contributed by atoms with Crippen molar-refractivity contribution in [2.45, 2.75) is 11.3 Å². The summed E-state index contributed by atoms with van der Waals surface area (Å²) in [5.74, 6) is 0.626. The van der Waals surface area contributed by atoms with Gasteiger partial charge in [-0.05, 0) is 48.5 Å². The van der Waals surface area contributed by atoms with Gasteiger partial charge in [0.05, 0.1) is 18.6 Å². The van der Waals surface area contributed by atoms with E-state index in [1.54, 1.807) is 43.5 Å². The summed E-state index contributed by atoms with van der Waals surface area (Å²) < 4.78 is 5.05. The molecule has 0 aromatic heterocycles. The van der Waals surface area contributed by atoms with Crippen LogP contribution in [0, 0.1) is 5.41 Å². The third-order valence-corrected chi connectivity index (χ3v) is 3.94. The zero-order chi connectivity index (χ0) is 15.2. The van der Waals surface area contributed by atoms with E-state index < -0.39 is 0 Å². The van der Waals surface area contributed by atoms with Crippen LogP contribution in [-0.4, -0.2) is 17.9 Å². The second kappa shape index (κ2) is 7.29. The molecule has 0 unspecified atom stereocenters. The predicted molar refractivity (Wildman–Crippen MR) is 87.0 cm³/mol. The molecule has 0 fully saturated rings. The number of carbonyl (C=O) groups is 1. The van der Waals surface area contributed by atoms with E-state index >= 15 is 0 Å². The molecular weight excluding hydrogens is 306 g/mol. The molecule has 0 saturated heterocycles. The molecule has 0 atom stereocenters. The highest BCUT2D eigenvalue weighted by Gasteiger charge is 2.10. The number of hydrogen-bond donors (Lipinski definition) is 1. The van der Waals surface area contributed by atoms with Crippen LogP contribution in [0.5, 0.6) is 5.75 Å². The van der Waals surface area contributed by atoms with E-state index in [1.165, 1.54) is 11.8 Å². The molecule has 0 aliphatic rings. The molecule has 0 spiro atoms. The summed E-state index contributed by atoms with van der Waals surface area (Å²) >= 11 is 7.07. The van der Waals surface area contributed by atoms with E-state index in [2.05, 4.69) is 0 Å². The second-order valence-electron chi connectivity index (χ2n) is 4.31. The monoisotopic (exact) mass is 319 g/mol. The summed E-state index contributed by atoms with van der Waals surface area (Å²) in [5.41, 5.74) is 0.581. The Morgan fingerprint density at radius 3 is 2.33 bits per heavy atom. The normalized spacial score (nSPS) is 10.2. The Labute approximate surface area is 132 Å². The molecule has 0 amide bonds. The maximum atomic E-state index is 12.1. The molecular formula is C16H14ClNO2S. The minimum Gasteiger partial charge on any atom is -0.497 e. The number of ketones is 1. The molecule has 3 nitrogen and oxygen atoms in total. The highest BCUT2D eigenvalue weighted by Crippen LogP contribution is 2.23. The van der Waals surface area contributed by atoms with Crippen LogP contribution in [0.3, 0.4) is 0 Å². The summed E-state index contributed by atoms with van der Waals surface area (Å²) in [4.78, 5) is 13.0. The molecule has 2 aromatic carbocycles. The molecule has 0 bridgehead atoms. The Kier molecular flexibility index (Phi) is 5.42. The van der Waals surface area contributed by atoms with Crippen molar-refractivity contribution in [3.05, 3.63) is 59.1 Å². The van der Waals surface area contributed by atoms with Gasteiger partial charge in [0.25, 0.3) is 0 Å². The largest absolute Gasteiger partial charge is 0.497 e. The van der Waals surface area contributed by atoms with Gasteiger partial charge in [0.1, 0.15) is 5.75 Å². The van der Waals surface area contributed by atoms with E-state index in [9.17, 15) is 4.79 Å². The van der Waals surface area contributed by atoms with Crippen LogP contribution in [-0.2, 0) is 0 Å².